The van der Waals surface area contributed by atoms with Crippen molar-refractivity contribution in [2.75, 3.05) is 5.88 Å². The summed E-state index contributed by atoms with van der Waals surface area (Å²) < 4.78 is 2.04. The number of nitrogens with zero attached hydrogens (tertiary/aromatic N) is 2. The molecule has 0 amide bonds. The van der Waals surface area contributed by atoms with Crippen molar-refractivity contribution in [2.24, 2.45) is 24.3 Å². The fraction of sp³-hybridized carbons (Fsp3) is 0.786. The second-order valence-corrected chi connectivity index (χ2v) is 6.42. The fourth-order valence-corrected chi connectivity index (χ4v) is 4.60. The van der Waals surface area contributed by atoms with Gasteiger partial charge in [-0.15, -0.1) is 11.6 Å². The number of hydrogen-bond donors (Lipinski definition) is 0. The van der Waals surface area contributed by atoms with E-state index in [1.165, 1.54) is 31.4 Å². The lowest BCUT2D eigenvalue weighted by Crippen LogP contribution is -2.32. The maximum absolute atomic E-state index is 6.34. The van der Waals surface area contributed by atoms with Crippen molar-refractivity contribution < 1.29 is 0 Å². The average molecular weight is 253 g/mol. The van der Waals surface area contributed by atoms with Crippen LogP contribution < -0.4 is 0 Å². The van der Waals surface area contributed by atoms with Gasteiger partial charge < -0.3 is 0 Å². The van der Waals surface area contributed by atoms with Crippen LogP contribution in [0.2, 0.25) is 0 Å². The van der Waals surface area contributed by atoms with Gasteiger partial charge in [0.15, 0.2) is 0 Å². The third kappa shape index (κ3) is 1.81. The molecule has 1 heterocycles. The lowest BCUT2D eigenvalue weighted by Gasteiger charge is -2.36. The van der Waals surface area contributed by atoms with E-state index in [2.05, 4.69) is 25.1 Å². The normalized spacial score (nSPS) is 35.7. The van der Waals surface area contributed by atoms with Crippen LogP contribution in [0.25, 0.3) is 0 Å². The highest BCUT2D eigenvalue weighted by molar-refractivity contribution is 6.18. The molecule has 3 unspecified atom stereocenters. The second kappa shape index (κ2) is 4.01. The third-order valence-corrected chi connectivity index (χ3v) is 5.53. The maximum Gasteiger partial charge on any atom is 0.0596 e. The summed E-state index contributed by atoms with van der Waals surface area (Å²) in [5.74, 6) is 2.63. The molecule has 94 valence electrons. The Kier molecular flexibility index (Phi) is 2.73. The van der Waals surface area contributed by atoms with Gasteiger partial charge in [0.1, 0.15) is 0 Å². The van der Waals surface area contributed by atoms with E-state index in [0.717, 1.165) is 29.8 Å². The van der Waals surface area contributed by atoms with Gasteiger partial charge in [0, 0.05) is 18.6 Å². The van der Waals surface area contributed by atoms with Crippen molar-refractivity contribution in [3.05, 3.63) is 17.5 Å². The number of aryl methyl sites for hydroxylation is 2. The van der Waals surface area contributed by atoms with Gasteiger partial charge in [-0.25, -0.2) is 0 Å². The maximum atomic E-state index is 6.34. The molecule has 2 nitrogen and oxygen atoms in total. The molecule has 3 atom stereocenters. The summed E-state index contributed by atoms with van der Waals surface area (Å²) in [6.07, 6.45) is 6.71. The zero-order valence-corrected chi connectivity index (χ0v) is 11.5. The number of halogens is 1. The molecular weight excluding hydrogens is 232 g/mol. The minimum atomic E-state index is 0.366. The highest BCUT2D eigenvalue weighted by atomic mass is 35.5. The SMILES string of the molecule is Cc1cc(CC2(CCl)CC3CCC2C3)n(C)n1. The molecule has 1 aromatic heterocycles. The first kappa shape index (κ1) is 11.6. The van der Waals surface area contributed by atoms with Crippen molar-refractivity contribution in [2.45, 2.75) is 39.0 Å². The van der Waals surface area contributed by atoms with Crippen molar-refractivity contribution >= 4 is 11.6 Å². The predicted octanol–water partition coefficient (Wildman–Crippen LogP) is 3.32. The van der Waals surface area contributed by atoms with E-state index in [4.69, 9.17) is 11.6 Å². The molecule has 2 bridgehead atoms. The van der Waals surface area contributed by atoms with E-state index in [0.29, 0.717) is 5.41 Å². The van der Waals surface area contributed by atoms with Crippen LogP contribution in [0.15, 0.2) is 6.07 Å². The fourth-order valence-electron chi connectivity index (χ4n) is 4.18. The van der Waals surface area contributed by atoms with Crippen molar-refractivity contribution in [1.82, 2.24) is 9.78 Å². The first-order valence-corrected chi connectivity index (χ1v) is 7.22. The number of hydrogen-bond acceptors (Lipinski definition) is 1. The van der Waals surface area contributed by atoms with Gasteiger partial charge in [0.25, 0.3) is 0 Å². The molecule has 0 aromatic carbocycles. The minimum absolute atomic E-state index is 0.366. The minimum Gasteiger partial charge on any atom is -0.272 e. The Morgan fingerprint density at radius 2 is 2.35 bits per heavy atom. The molecule has 0 spiro atoms. The Bertz CT molecular complexity index is 426. The number of rotatable bonds is 3. The average Bonchev–Trinajstić information content (AvgIpc) is 2.95. The van der Waals surface area contributed by atoms with Gasteiger partial charge in [-0.05, 0) is 55.9 Å². The summed E-state index contributed by atoms with van der Waals surface area (Å²) in [6.45, 7) is 2.07. The van der Waals surface area contributed by atoms with Gasteiger partial charge in [-0.3, -0.25) is 4.68 Å². The van der Waals surface area contributed by atoms with Crippen LogP contribution >= 0.6 is 11.6 Å². The summed E-state index contributed by atoms with van der Waals surface area (Å²) in [5, 5.41) is 4.45. The zero-order chi connectivity index (χ0) is 12.0. The number of alkyl halides is 1. The third-order valence-electron chi connectivity index (χ3n) is 5.00. The van der Waals surface area contributed by atoms with Crippen molar-refractivity contribution in [3.8, 4) is 0 Å². The van der Waals surface area contributed by atoms with Gasteiger partial charge in [0.2, 0.25) is 0 Å². The summed E-state index contributed by atoms with van der Waals surface area (Å²) >= 11 is 6.34. The van der Waals surface area contributed by atoms with Crippen LogP contribution in [0, 0.1) is 24.2 Å². The molecule has 2 aliphatic rings. The Labute approximate surface area is 108 Å². The van der Waals surface area contributed by atoms with E-state index in [-0.39, 0.29) is 0 Å². The van der Waals surface area contributed by atoms with Crippen LogP contribution in [0.1, 0.15) is 37.1 Å². The largest absolute Gasteiger partial charge is 0.272 e. The van der Waals surface area contributed by atoms with Gasteiger partial charge >= 0.3 is 0 Å². The summed E-state index contributed by atoms with van der Waals surface area (Å²) in [6, 6.07) is 2.22. The van der Waals surface area contributed by atoms with Crippen LogP contribution in [0.5, 0.6) is 0 Å². The molecule has 0 aliphatic heterocycles. The summed E-state index contributed by atoms with van der Waals surface area (Å²) in [4.78, 5) is 0. The van der Waals surface area contributed by atoms with E-state index >= 15 is 0 Å². The van der Waals surface area contributed by atoms with Crippen molar-refractivity contribution in [1.29, 1.82) is 0 Å². The first-order chi connectivity index (χ1) is 8.13. The van der Waals surface area contributed by atoms with Crippen LogP contribution in [0.3, 0.4) is 0 Å². The lowest BCUT2D eigenvalue weighted by molar-refractivity contribution is 0.189. The Hall–Kier alpha value is -0.500. The highest BCUT2D eigenvalue weighted by Crippen LogP contribution is 2.57. The monoisotopic (exact) mass is 252 g/mol. The molecule has 0 radical (unpaired) electrons. The Morgan fingerprint density at radius 1 is 1.53 bits per heavy atom. The van der Waals surface area contributed by atoms with E-state index in [1.807, 2.05) is 4.68 Å². The molecule has 2 saturated carbocycles. The van der Waals surface area contributed by atoms with Gasteiger partial charge in [0.05, 0.1) is 5.69 Å². The lowest BCUT2D eigenvalue weighted by atomic mass is 9.71. The second-order valence-electron chi connectivity index (χ2n) is 6.15. The molecule has 17 heavy (non-hydrogen) atoms. The Morgan fingerprint density at radius 3 is 2.82 bits per heavy atom. The van der Waals surface area contributed by atoms with Crippen LogP contribution in [0.4, 0.5) is 0 Å². The number of fused-ring (bicyclic) bond motifs is 2. The molecule has 3 heteroatoms. The molecule has 2 aliphatic carbocycles. The van der Waals surface area contributed by atoms with Crippen molar-refractivity contribution in [3.63, 3.8) is 0 Å². The molecule has 1 aromatic rings. The highest BCUT2D eigenvalue weighted by Gasteiger charge is 2.50. The zero-order valence-electron chi connectivity index (χ0n) is 10.7. The molecule has 0 saturated heterocycles. The molecule has 3 rings (SSSR count). The molecule has 2 fully saturated rings. The number of aromatic nitrogens is 2. The van der Waals surface area contributed by atoms with Gasteiger partial charge in [-0.2, -0.15) is 5.10 Å². The summed E-state index contributed by atoms with van der Waals surface area (Å²) in [7, 11) is 2.05. The summed E-state index contributed by atoms with van der Waals surface area (Å²) in [5.41, 5.74) is 2.84. The standard InChI is InChI=1S/C14H21ClN2/c1-10-5-13(17(2)16-10)8-14(9-15)7-11-3-4-12(14)6-11/h5,11-12H,3-4,6-9H2,1-2H3. The molecular formula is C14H21ClN2. The quantitative estimate of drug-likeness (QED) is 0.755. The van der Waals surface area contributed by atoms with E-state index in [9.17, 15) is 0 Å². The molecule has 0 N–H and O–H groups in total. The smallest absolute Gasteiger partial charge is 0.0596 e. The van der Waals surface area contributed by atoms with Crippen LogP contribution in [-0.2, 0) is 13.5 Å². The topological polar surface area (TPSA) is 17.8 Å². The van der Waals surface area contributed by atoms with Crippen LogP contribution in [-0.4, -0.2) is 15.7 Å². The first-order valence-electron chi connectivity index (χ1n) is 6.68. The van der Waals surface area contributed by atoms with E-state index < -0.39 is 0 Å². The van der Waals surface area contributed by atoms with E-state index in [1.54, 1.807) is 0 Å². The van der Waals surface area contributed by atoms with Gasteiger partial charge in [-0.1, -0.05) is 6.42 Å². The Balaban J connectivity index is 1.85. The predicted molar refractivity (Wildman–Crippen MR) is 70.3 cm³/mol.